The van der Waals surface area contributed by atoms with E-state index in [-0.39, 0.29) is 5.69 Å². The predicted molar refractivity (Wildman–Crippen MR) is 78.1 cm³/mol. The number of hydrogen-bond donors (Lipinski definition) is 1. The number of carboxylic acid groups (broad SMARTS) is 1. The number of carboxylic acids is 1. The molecule has 0 radical (unpaired) electrons. The van der Waals surface area contributed by atoms with Gasteiger partial charge in [0.15, 0.2) is 5.69 Å². The summed E-state index contributed by atoms with van der Waals surface area (Å²) >= 11 is 5.92. The molecular weight excluding hydrogens is 308 g/mol. The van der Waals surface area contributed by atoms with Crippen molar-refractivity contribution in [2.45, 2.75) is 18.9 Å². The summed E-state index contributed by atoms with van der Waals surface area (Å²) in [6.45, 7) is 0.416. The van der Waals surface area contributed by atoms with Gasteiger partial charge in [0.1, 0.15) is 6.04 Å². The Morgan fingerprint density at radius 2 is 2.18 bits per heavy atom. The molecular formula is C14H13ClN4O3. The summed E-state index contributed by atoms with van der Waals surface area (Å²) in [5.41, 5.74) is 0.795. The maximum absolute atomic E-state index is 12.4. The number of halogens is 1. The van der Waals surface area contributed by atoms with Gasteiger partial charge < -0.3 is 10.0 Å². The predicted octanol–water partition coefficient (Wildman–Crippen LogP) is 1.61. The minimum absolute atomic E-state index is 0.119. The van der Waals surface area contributed by atoms with Crippen LogP contribution in [0.3, 0.4) is 0 Å². The summed E-state index contributed by atoms with van der Waals surface area (Å²) in [4.78, 5) is 24.9. The van der Waals surface area contributed by atoms with Crippen LogP contribution in [-0.2, 0) is 4.79 Å². The molecule has 2 heterocycles. The Bertz CT molecular complexity index is 730. The van der Waals surface area contributed by atoms with Gasteiger partial charge in [-0.2, -0.15) is 0 Å². The van der Waals surface area contributed by atoms with E-state index in [2.05, 4.69) is 10.3 Å². The number of rotatable bonds is 3. The standard InChI is InChI=1S/C14H13ClN4O3/c15-9-3-1-4-10(7-9)19-8-11(16-17-19)13(20)18-6-2-5-12(18)14(21)22/h1,3-4,7-8,12H,2,5-6H2,(H,21,22). The normalized spacial score (nSPS) is 17.7. The van der Waals surface area contributed by atoms with E-state index in [9.17, 15) is 9.59 Å². The monoisotopic (exact) mass is 320 g/mol. The Hall–Kier alpha value is -2.41. The molecule has 1 fully saturated rings. The average Bonchev–Trinajstić information content (AvgIpc) is 3.16. The molecule has 3 rings (SSSR count). The number of likely N-dealkylation sites (tertiary alicyclic amines) is 1. The van der Waals surface area contributed by atoms with Crippen molar-refractivity contribution < 1.29 is 14.7 Å². The zero-order valence-electron chi connectivity index (χ0n) is 11.5. The number of carbonyl (C=O) groups excluding carboxylic acids is 1. The summed E-state index contributed by atoms with van der Waals surface area (Å²) in [7, 11) is 0. The van der Waals surface area contributed by atoms with Crippen LogP contribution >= 0.6 is 11.6 Å². The van der Waals surface area contributed by atoms with Crippen LogP contribution in [0.15, 0.2) is 30.5 Å². The van der Waals surface area contributed by atoms with Crippen molar-refractivity contribution in [2.75, 3.05) is 6.54 Å². The first-order valence-electron chi connectivity index (χ1n) is 6.78. The van der Waals surface area contributed by atoms with E-state index in [1.54, 1.807) is 24.3 Å². The highest BCUT2D eigenvalue weighted by atomic mass is 35.5. The van der Waals surface area contributed by atoms with Crippen LogP contribution in [0.4, 0.5) is 0 Å². The van der Waals surface area contributed by atoms with Crippen LogP contribution in [0.2, 0.25) is 5.02 Å². The van der Waals surface area contributed by atoms with Crippen LogP contribution < -0.4 is 0 Å². The summed E-state index contributed by atoms with van der Waals surface area (Å²) in [6.07, 6.45) is 2.61. The van der Waals surface area contributed by atoms with Crippen LogP contribution in [0.5, 0.6) is 0 Å². The third-order valence-electron chi connectivity index (χ3n) is 3.58. The molecule has 1 aliphatic heterocycles. The molecule has 0 saturated carbocycles. The highest BCUT2D eigenvalue weighted by Crippen LogP contribution is 2.20. The average molecular weight is 321 g/mol. The fourth-order valence-corrected chi connectivity index (χ4v) is 2.70. The first-order valence-corrected chi connectivity index (χ1v) is 7.16. The summed E-state index contributed by atoms with van der Waals surface area (Å²) in [5.74, 6) is -1.41. The number of aromatic nitrogens is 3. The number of amides is 1. The van der Waals surface area contributed by atoms with Crippen molar-refractivity contribution in [2.24, 2.45) is 0 Å². The van der Waals surface area contributed by atoms with Crippen molar-refractivity contribution in [3.63, 3.8) is 0 Å². The van der Waals surface area contributed by atoms with Gasteiger partial charge in [-0.3, -0.25) is 4.79 Å². The molecule has 0 bridgehead atoms. The number of carbonyl (C=O) groups is 2. The Labute approximate surface area is 131 Å². The fourth-order valence-electron chi connectivity index (χ4n) is 2.52. The molecule has 0 spiro atoms. The minimum atomic E-state index is -0.993. The molecule has 1 N–H and O–H groups in total. The maximum Gasteiger partial charge on any atom is 0.326 e. The van der Waals surface area contributed by atoms with Gasteiger partial charge in [0, 0.05) is 11.6 Å². The van der Waals surface area contributed by atoms with E-state index in [0.29, 0.717) is 30.1 Å². The molecule has 1 atom stereocenters. The van der Waals surface area contributed by atoms with Gasteiger partial charge in [0.2, 0.25) is 0 Å². The van der Waals surface area contributed by atoms with Crippen molar-refractivity contribution >= 4 is 23.5 Å². The molecule has 1 aromatic heterocycles. The SMILES string of the molecule is O=C(O)C1CCCN1C(=O)c1cn(-c2cccc(Cl)c2)nn1. The van der Waals surface area contributed by atoms with Crippen LogP contribution in [0, 0.1) is 0 Å². The summed E-state index contributed by atoms with van der Waals surface area (Å²) in [5, 5.41) is 17.4. The van der Waals surface area contributed by atoms with Gasteiger partial charge >= 0.3 is 5.97 Å². The molecule has 1 saturated heterocycles. The highest BCUT2D eigenvalue weighted by Gasteiger charge is 2.35. The van der Waals surface area contributed by atoms with Gasteiger partial charge in [0.25, 0.3) is 5.91 Å². The van der Waals surface area contributed by atoms with E-state index in [0.717, 1.165) is 0 Å². The lowest BCUT2D eigenvalue weighted by Crippen LogP contribution is -2.40. The van der Waals surface area contributed by atoms with Gasteiger partial charge in [-0.25, -0.2) is 9.48 Å². The highest BCUT2D eigenvalue weighted by molar-refractivity contribution is 6.30. The van der Waals surface area contributed by atoms with Gasteiger partial charge in [-0.1, -0.05) is 22.9 Å². The summed E-state index contributed by atoms with van der Waals surface area (Å²) < 4.78 is 1.44. The largest absolute Gasteiger partial charge is 0.480 e. The van der Waals surface area contributed by atoms with E-state index >= 15 is 0 Å². The summed E-state index contributed by atoms with van der Waals surface area (Å²) in [6, 6.07) is 6.19. The quantitative estimate of drug-likeness (QED) is 0.928. The molecule has 114 valence electrons. The topological polar surface area (TPSA) is 88.3 Å². The third kappa shape index (κ3) is 2.67. The number of nitrogens with zero attached hydrogens (tertiary/aromatic N) is 4. The van der Waals surface area contributed by atoms with Crippen molar-refractivity contribution in [3.05, 3.63) is 41.2 Å². The molecule has 8 heteroatoms. The third-order valence-corrected chi connectivity index (χ3v) is 3.82. The molecule has 22 heavy (non-hydrogen) atoms. The molecule has 0 aliphatic carbocycles. The molecule has 1 amide bonds. The molecule has 2 aromatic rings. The molecule has 7 nitrogen and oxygen atoms in total. The molecule has 1 aliphatic rings. The van der Waals surface area contributed by atoms with Gasteiger partial charge in [0.05, 0.1) is 11.9 Å². The lowest BCUT2D eigenvalue weighted by molar-refractivity contribution is -0.141. The van der Waals surface area contributed by atoms with Crippen molar-refractivity contribution in [3.8, 4) is 5.69 Å². The number of aliphatic carboxylic acids is 1. The smallest absolute Gasteiger partial charge is 0.326 e. The van der Waals surface area contributed by atoms with E-state index < -0.39 is 17.9 Å². The second-order valence-electron chi connectivity index (χ2n) is 5.02. The lowest BCUT2D eigenvalue weighted by atomic mass is 10.2. The van der Waals surface area contributed by atoms with Crippen LogP contribution in [-0.4, -0.2) is 49.5 Å². The Morgan fingerprint density at radius 1 is 1.36 bits per heavy atom. The maximum atomic E-state index is 12.4. The Kier molecular flexibility index (Phi) is 3.81. The van der Waals surface area contributed by atoms with Crippen molar-refractivity contribution in [1.82, 2.24) is 19.9 Å². The zero-order valence-corrected chi connectivity index (χ0v) is 12.3. The van der Waals surface area contributed by atoms with Gasteiger partial charge in [-0.05, 0) is 31.0 Å². The fraction of sp³-hybridized carbons (Fsp3) is 0.286. The Balaban J connectivity index is 1.84. The first kappa shape index (κ1) is 14.5. The zero-order chi connectivity index (χ0) is 15.7. The number of hydrogen-bond acceptors (Lipinski definition) is 4. The van der Waals surface area contributed by atoms with Crippen LogP contribution in [0.25, 0.3) is 5.69 Å². The molecule has 1 aromatic carbocycles. The molecule has 1 unspecified atom stereocenters. The van der Waals surface area contributed by atoms with E-state index in [1.807, 2.05) is 0 Å². The second-order valence-corrected chi connectivity index (χ2v) is 5.46. The first-order chi connectivity index (χ1) is 10.6. The van der Waals surface area contributed by atoms with Crippen molar-refractivity contribution in [1.29, 1.82) is 0 Å². The van der Waals surface area contributed by atoms with E-state index in [4.69, 9.17) is 16.7 Å². The van der Waals surface area contributed by atoms with E-state index in [1.165, 1.54) is 15.8 Å². The lowest BCUT2D eigenvalue weighted by Gasteiger charge is -2.19. The van der Waals surface area contributed by atoms with Crippen LogP contribution in [0.1, 0.15) is 23.3 Å². The minimum Gasteiger partial charge on any atom is -0.480 e. The Morgan fingerprint density at radius 3 is 2.91 bits per heavy atom. The second kappa shape index (κ2) is 5.76. The number of benzene rings is 1. The van der Waals surface area contributed by atoms with Gasteiger partial charge in [-0.15, -0.1) is 5.10 Å².